The van der Waals surface area contributed by atoms with Gasteiger partial charge in [-0.2, -0.15) is 0 Å². The summed E-state index contributed by atoms with van der Waals surface area (Å²) in [5.41, 5.74) is 5.51. The van der Waals surface area contributed by atoms with Crippen molar-refractivity contribution in [3.05, 3.63) is 28.3 Å². The van der Waals surface area contributed by atoms with Crippen LogP contribution in [-0.2, 0) is 0 Å². The van der Waals surface area contributed by atoms with E-state index in [0.717, 1.165) is 22.4 Å². The fourth-order valence-electron chi connectivity index (χ4n) is 1.69. The molecule has 0 aliphatic carbocycles. The van der Waals surface area contributed by atoms with Crippen molar-refractivity contribution < 1.29 is 9.53 Å². The van der Waals surface area contributed by atoms with Crippen molar-refractivity contribution in [3.8, 4) is 5.75 Å². The maximum atomic E-state index is 11.5. The number of benzene rings is 1. The molecule has 0 spiro atoms. The number of nitrogens with one attached hydrogen (secondary N) is 1. The summed E-state index contributed by atoms with van der Waals surface area (Å²) in [6.07, 6.45) is 0. The maximum absolute atomic E-state index is 11.5. The van der Waals surface area contributed by atoms with E-state index in [9.17, 15) is 4.79 Å². The molecule has 0 fully saturated rings. The number of carbonyl (C=O) groups is 1. The predicted octanol–water partition coefficient (Wildman–Crippen LogP) is 1.22. The lowest BCUT2D eigenvalue weighted by atomic mass is 9.98. The summed E-state index contributed by atoms with van der Waals surface area (Å²) in [7, 11) is 1.62. The van der Waals surface area contributed by atoms with Crippen LogP contribution in [0.4, 0.5) is 0 Å². The topological polar surface area (TPSA) is 64.3 Å². The number of ether oxygens (including phenoxy) is 1. The van der Waals surface area contributed by atoms with Gasteiger partial charge in [0.25, 0.3) is 5.91 Å². The van der Waals surface area contributed by atoms with E-state index in [1.165, 1.54) is 0 Å². The average Bonchev–Trinajstić information content (AvgIpc) is 2.23. The quantitative estimate of drug-likeness (QED) is 0.436. The number of hydrogen-bond donors (Lipinski definition) is 2. The number of nitrogen functional groups attached to an aromatic ring is 1. The van der Waals surface area contributed by atoms with Gasteiger partial charge in [0.1, 0.15) is 5.75 Å². The molecule has 1 aromatic carbocycles. The van der Waals surface area contributed by atoms with Crippen molar-refractivity contribution in [1.82, 2.24) is 5.43 Å². The Bertz CT molecular complexity index is 400. The molecule has 0 aliphatic heterocycles. The Kier molecular flexibility index (Phi) is 3.31. The number of hydrogen-bond acceptors (Lipinski definition) is 3. The van der Waals surface area contributed by atoms with Gasteiger partial charge in [0.2, 0.25) is 0 Å². The zero-order chi connectivity index (χ0) is 11.6. The Balaban J connectivity index is 3.40. The van der Waals surface area contributed by atoms with Crippen molar-refractivity contribution in [2.45, 2.75) is 20.8 Å². The maximum Gasteiger partial charge on any atom is 0.265 e. The predicted molar refractivity (Wildman–Crippen MR) is 58.9 cm³/mol. The van der Waals surface area contributed by atoms with Crippen LogP contribution in [-0.4, -0.2) is 13.0 Å². The molecule has 3 N–H and O–H groups in total. The van der Waals surface area contributed by atoms with Gasteiger partial charge in [-0.05, 0) is 43.5 Å². The lowest BCUT2D eigenvalue weighted by molar-refractivity contribution is 0.0953. The molecule has 4 nitrogen and oxygen atoms in total. The molecule has 1 amide bonds. The van der Waals surface area contributed by atoms with Crippen molar-refractivity contribution in [1.29, 1.82) is 0 Å². The number of aryl methyl sites for hydroxylation is 1. The lowest BCUT2D eigenvalue weighted by Gasteiger charge is -2.14. The molecule has 0 aliphatic rings. The lowest BCUT2D eigenvalue weighted by Crippen LogP contribution is -2.30. The van der Waals surface area contributed by atoms with E-state index in [1.807, 2.05) is 20.8 Å². The van der Waals surface area contributed by atoms with Crippen LogP contribution in [0.3, 0.4) is 0 Å². The molecule has 1 rings (SSSR count). The number of carbonyl (C=O) groups excluding carboxylic acids is 1. The van der Waals surface area contributed by atoms with Crippen LogP contribution < -0.4 is 16.0 Å². The summed E-state index contributed by atoms with van der Waals surface area (Å²) in [5, 5.41) is 0. The molecule has 0 saturated carbocycles. The number of rotatable bonds is 2. The normalized spacial score (nSPS) is 9.93. The van der Waals surface area contributed by atoms with Crippen LogP contribution in [0.5, 0.6) is 5.75 Å². The van der Waals surface area contributed by atoms with Crippen molar-refractivity contribution >= 4 is 5.91 Å². The van der Waals surface area contributed by atoms with E-state index in [0.29, 0.717) is 5.56 Å². The van der Waals surface area contributed by atoms with Gasteiger partial charge in [0.15, 0.2) is 0 Å². The van der Waals surface area contributed by atoms with Gasteiger partial charge in [-0.25, -0.2) is 5.84 Å². The van der Waals surface area contributed by atoms with Gasteiger partial charge < -0.3 is 4.74 Å². The smallest absolute Gasteiger partial charge is 0.265 e. The van der Waals surface area contributed by atoms with E-state index in [4.69, 9.17) is 10.6 Å². The summed E-state index contributed by atoms with van der Waals surface area (Å²) in [4.78, 5) is 11.5. The van der Waals surface area contributed by atoms with Crippen LogP contribution in [0.15, 0.2) is 6.07 Å². The average molecular weight is 208 g/mol. The summed E-state index contributed by atoms with van der Waals surface area (Å²) >= 11 is 0. The fraction of sp³-hybridized carbons (Fsp3) is 0.364. The largest absolute Gasteiger partial charge is 0.496 e. The highest BCUT2D eigenvalue weighted by atomic mass is 16.5. The molecular weight excluding hydrogens is 192 g/mol. The molecule has 0 aromatic heterocycles. The van der Waals surface area contributed by atoms with E-state index in [-0.39, 0.29) is 5.91 Å². The Hall–Kier alpha value is -1.55. The molecule has 15 heavy (non-hydrogen) atoms. The highest BCUT2D eigenvalue weighted by Crippen LogP contribution is 2.28. The van der Waals surface area contributed by atoms with Crippen LogP contribution in [0, 0.1) is 20.8 Å². The van der Waals surface area contributed by atoms with Crippen molar-refractivity contribution in [2.24, 2.45) is 5.84 Å². The number of methoxy groups -OCH3 is 1. The molecule has 1 aromatic rings. The first-order valence-electron chi connectivity index (χ1n) is 4.68. The fourth-order valence-corrected chi connectivity index (χ4v) is 1.69. The molecule has 0 unspecified atom stereocenters. The van der Waals surface area contributed by atoms with Crippen LogP contribution in [0.25, 0.3) is 0 Å². The van der Waals surface area contributed by atoms with E-state index in [1.54, 1.807) is 13.2 Å². The van der Waals surface area contributed by atoms with E-state index in [2.05, 4.69) is 5.43 Å². The van der Waals surface area contributed by atoms with Crippen LogP contribution in [0.2, 0.25) is 0 Å². The third-order valence-corrected chi connectivity index (χ3v) is 2.61. The SMILES string of the molecule is COc1c(C)cc(C(=O)NN)c(C)c1C. The second-order valence-electron chi connectivity index (χ2n) is 3.50. The first-order chi connectivity index (χ1) is 7.02. The second-order valence-corrected chi connectivity index (χ2v) is 3.50. The molecule has 0 bridgehead atoms. The monoisotopic (exact) mass is 208 g/mol. The van der Waals surface area contributed by atoms with Gasteiger partial charge in [-0.1, -0.05) is 0 Å². The van der Waals surface area contributed by atoms with E-state index < -0.39 is 0 Å². The highest BCUT2D eigenvalue weighted by molar-refractivity contribution is 5.96. The van der Waals surface area contributed by atoms with Gasteiger partial charge in [-0.15, -0.1) is 0 Å². The summed E-state index contributed by atoms with van der Waals surface area (Å²) < 4.78 is 5.26. The Labute approximate surface area is 89.4 Å². The molecule has 82 valence electrons. The van der Waals surface area contributed by atoms with Crippen molar-refractivity contribution in [3.63, 3.8) is 0 Å². The molecule has 4 heteroatoms. The minimum absolute atomic E-state index is 0.277. The zero-order valence-corrected chi connectivity index (χ0v) is 9.47. The zero-order valence-electron chi connectivity index (χ0n) is 9.47. The number of hydrazine groups is 1. The molecule has 0 atom stereocenters. The van der Waals surface area contributed by atoms with Crippen molar-refractivity contribution in [2.75, 3.05) is 7.11 Å². The molecule has 0 heterocycles. The first-order valence-corrected chi connectivity index (χ1v) is 4.68. The molecule has 0 saturated heterocycles. The summed E-state index contributed by atoms with van der Waals surface area (Å²) in [6, 6.07) is 1.78. The summed E-state index contributed by atoms with van der Waals surface area (Å²) in [6.45, 7) is 5.70. The van der Waals surface area contributed by atoms with E-state index >= 15 is 0 Å². The third-order valence-electron chi connectivity index (χ3n) is 2.61. The standard InChI is InChI=1S/C11H16N2O2/c1-6-5-9(11(14)13-12)7(2)8(3)10(6)15-4/h5H,12H2,1-4H3,(H,13,14). The summed E-state index contributed by atoms with van der Waals surface area (Å²) in [5.74, 6) is 5.66. The Morgan fingerprint density at radius 2 is 1.93 bits per heavy atom. The highest BCUT2D eigenvalue weighted by Gasteiger charge is 2.14. The molecule has 0 radical (unpaired) electrons. The number of nitrogens with two attached hydrogens (primary N) is 1. The second kappa shape index (κ2) is 4.31. The van der Waals surface area contributed by atoms with Gasteiger partial charge >= 0.3 is 0 Å². The Morgan fingerprint density at radius 1 is 1.33 bits per heavy atom. The molecular formula is C11H16N2O2. The minimum atomic E-state index is -0.277. The van der Waals surface area contributed by atoms with Gasteiger partial charge in [0, 0.05) is 5.56 Å². The minimum Gasteiger partial charge on any atom is -0.496 e. The Morgan fingerprint density at radius 3 is 2.40 bits per heavy atom. The van der Waals surface area contributed by atoms with Gasteiger partial charge in [0.05, 0.1) is 7.11 Å². The van der Waals surface area contributed by atoms with Gasteiger partial charge in [-0.3, -0.25) is 10.2 Å². The third kappa shape index (κ3) is 1.94. The van der Waals surface area contributed by atoms with Crippen LogP contribution in [0.1, 0.15) is 27.0 Å². The first kappa shape index (κ1) is 11.5. The number of amides is 1. The van der Waals surface area contributed by atoms with Crippen LogP contribution >= 0.6 is 0 Å².